The molecule has 0 radical (unpaired) electrons. The summed E-state index contributed by atoms with van der Waals surface area (Å²) in [4.78, 5) is 4.53. The Morgan fingerprint density at radius 1 is 1.29 bits per heavy atom. The number of aliphatic imine (C=N–C) groups is 1. The molecule has 35 heavy (non-hydrogen) atoms. The summed E-state index contributed by atoms with van der Waals surface area (Å²) in [7, 11) is 0. The van der Waals surface area contributed by atoms with E-state index in [1.54, 1.807) is 36.0 Å². The lowest BCUT2D eigenvalue weighted by Crippen LogP contribution is -1.97. The van der Waals surface area contributed by atoms with Crippen LogP contribution in [0.5, 0.6) is 11.5 Å². The van der Waals surface area contributed by atoms with Gasteiger partial charge in [-0.2, -0.15) is 5.26 Å². The van der Waals surface area contributed by atoms with Gasteiger partial charge < -0.3 is 9.15 Å². The van der Waals surface area contributed by atoms with E-state index in [1.165, 1.54) is 6.08 Å². The van der Waals surface area contributed by atoms with E-state index >= 15 is 0 Å². The summed E-state index contributed by atoms with van der Waals surface area (Å²) in [5.74, 6) is 2.29. The minimum absolute atomic E-state index is 0.201. The fraction of sp³-hybridized carbons (Fsp3) is 0.200. The van der Waals surface area contributed by atoms with Crippen molar-refractivity contribution in [1.82, 2.24) is 10.2 Å². The van der Waals surface area contributed by atoms with Crippen LogP contribution in [-0.4, -0.2) is 21.0 Å². The minimum atomic E-state index is 0.201. The Kier molecular flexibility index (Phi) is 9.41. The fourth-order valence-electron chi connectivity index (χ4n) is 3.10. The minimum Gasteiger partial charge on any atom is -0.455 e. The van der Waals surface area contributed by atoms with Crippen LogP contribution in [0.1, 0.15) is 42.3 Å². The Labute approximate surface area is 223 Å². The van der Waals surface area contributed by atoms with Crippen molar-refractivity contribution < 1.29 is 9.15 Å². The van der Waals surface area contributed by atoms with Crippen LogP contribution in [0, 0.1) is 18.3 Å². The lowest BCUT2D eigenvalue weighted by molar-refractivity contribution is 0.475. The summed E-state index contributed by atoms with van der Waals surface area (Å²) in [6.07, 6.45) is 1.81. The summed E-state index contributed by atoms with van der Waals surface area (Å²) in [6, 6.07) is 10.4. The molecule has 3 aromatic rings. The van der Waals surface area contributed by atoms with Crippen LogP contribution in [0.25, 0.3) is 5.70 Å². The van der Waals surface area contributed by atoms with Crippen LogP contribution in [0.2, 0.25) is 10.0 Å². The normalized spacial score (nSPS) is 12.2. The number of halogens is 3. The lowest BCUT2D eigenvalue weighted by atomic mass is 10.0. The van der Waals surface area contributed by atoms with Gasteiger partial charge in [-0.05, 0) is 61.1 Å². The summed E-state index contributed by atoms with van der Waals surface area (Å²) in [5.41, 5.74) is 2.39. The Bertz CT molecular complexity index is 1360. The van der Waals surface area contributed by atoms with Gasteiger partial charge in [-0.1, -0.05) is 54.4 Å². The van der Waals surface area contributed by atoms with E-state index in [9.17, 15) is 5.26 Å². The molecular formula is C25H21Cl3N4O2S. The van der Waals surface area contributed by atoms with E-state index in [4.69, 9.17) is 44.0 Å². The van der Waals surface area contributed by atoms with E-state index in [1.807, 2.05) is 26.8 Å². The molecule has 0 fully saturated rings. The second-order valence-electron chi connectivity index (χ2n) is 7.19. The van der Waals surface area contributed by atoms with Crippen LogP contribution in [0.3, 0.4) is 0 Å². The first-order chi connectivity index (χ1) is 16.7. The third-order valence-corrected chi connectivity index (χ3v) is 6.38. The third kappa shape index (κ3) is 6.89. The predicted molar refractivity (Wildman–Crippen MR) is 144 cm³/mol. The summed E-state index contributed by atoms with van der Waals surface area (Å²) in [6.45, 7) is 9.50. The van der Waals surface area contributed by atoms with Crippen molar-refractivity contribution in [2.24, 2.45) is 4.99 Å². The van der Waals surface area contributed by atoms with Crippen molar-refractivity contribution in [1.29, 1.82) is 5.26 Å². The molecule has 6 nitrogen and oxygen atoms in total. The molecule has 0 spiro atoms. The van der Waals surface area contributed by atoms with E-state index in [2.05, 4.69) is 27.8 Å². The highest BCUT2D eigenvalue weighted by Crippen LogP contribution is 2.36. The van der Waals surface area contributed by atoms with Gasteiger partial charge in [0, 0.05) is 5.02 Å². The summed E-state index contributed by atoms with van der Waals surface area (Å²) >= 11 is 20.4. The number of benzene rings is 2. The number of nitriles is 1. The zero-order valence-corrected chi connectivity index (χ0v) is 22.3. The van der Waals surface area contributed by atoms with E-state index in [-0.39, 0.29) is 5.89 Å². The molecule has 0 aliphatic rings. The fourth-order valence-corrected chi connectivity index (χ4v) is 4.27. The molecule has 0 atom stereocenters. The summed E-state index contributed by atoms with van der Waals surface area (Å²) in [5, 5.41) is 19.4. The number of nitrogens with zero attached hydrogens (tertiary/aromatic N) is 4. The smallest absolute Gasteiger partial charge is 0.267 e. The molecule has 0 N–H and O–H groups in total. The molecule has 0 saturated heterocycles. The zero-order valence-electron chi connectivity index (χ0n) is 19.2. The molecule has 3 rings (SSSR count). The maximum atomic E-state index is 9.20. The zero-order chi connectivity index (χ0) is 25.5. The van der Waals surface area contributed by atoms with Gasteiger partial charge in [0.15, 0.2) is 0 Å². The van der Waals surface area contributed by atoms with Crippen molar-refractivity contribution >= 4 is 57.3 Å². The van der Waals surface area contributed by atoms with Gasteiger partial charge in [-0.3, -0.25) is 0 Å². The molecule has 180 valence electrons. The van der Waals surface area contributed by atoms with E-state index in [0.717, 1.165) is 21.9 Å². The van der Waals surface area contributed by atoms with Crippen LogP contribution in [-0.2, 0) is 6.42 Å². The molecule has 0 bridgehead atoms. The average Bonchev–Trinajstić information content (AvgIpc) is 3.29. The Balaban J connectivity index is 1.91. The summed E-state index contributed by atoms with van der Waals surface area (Å²) < 4.78 is 11.9. The quantitative estimate of drug-likeness (QED) is 0.160. The van der Waals surface area contributed by atoms with Crippen molar-refractivity contribution in [3.8, 4) is 17.6 Å². The Morgan fingerprint density at radius 2 is 2.06 bits per heavy atom. The monoisotopic (exact) mass is 546 g/mol. The first-order valence-corrected chi connectivity index (χ1v) is 12.6. The van der Waals surface area contributed by atoms with E-state index in [0.29, 0.717) is 50.1 Å². The maximum Gasteiger partial charge on any atom is 0.267 e. The number of thioether (sulfide) groups is 1. The SMILES string of the molecule is C=C/C(Cl)=C(\N=C(C)SCC)c1nnc(Cc2ccc(Cl)c(Oc3cc(Cl)cc(C#N)c3)c2C)o1. The number of rotatable bonds is 8. The standard InChI is InChI=1S/C25H21Cl3N4O2S/c1-5-20(27)23(30-15(4)35-6-2)25-32-31-22(34-25)11-17-7-8-21(28)24(14(17)3)33-19-10-16(13-29)9-18(26)12-19/h5,7-10,12H,1,6,11H2,2-4H3/b23-20+,30-15?. The molecule has 1 aromatic heterocycles. The van der Waals surface area contributed by atoms with Gasteiger partial charge in [-0.15, -0.1) is 22.0 Å². The topological polar surface area (TPSA) is 84.3 Å². The molecular weight excluding hydrogens is 527 g/mol. The van der Waals surface area contributed by atoms with Crippen LogP contribution < -0.4 is 4.74 Å². The van der Waals surface area contributed by atoms with Gasteiger partial charge in [-0.25, -0.2) is 4.99 Å². The second-order valence-corrected chi connectivity index (χ2v) is 9.90. The highest BCUT2D eigenvalue weighted by molar-refractivity contribution is 8.13. The van der Waals surface area contributed by atoms with Crippen LogP contribution >= 0.6 is 46.6 Å². The molecule has 0 unspecified atom stereocenters. The number of hydrogen-bond acceptors (Lipinski definition) is 7. The van der Waals surface area contributed by atoms with Gasteiger partial charge >= 0.3 is 0 Å². The number of ether oxygens (including phenoxy) is 1. The first-order valence-electron chi connectivity index (χ1n) is 10.4. The number of hydrogen-bond donors (Lipinski definition) is 0. The molecule has 1 heterocycles. The van der Waals surface area contributed by atoms with Crippen LogP contribution in [0.15, 0.2) is 57.4 Å². The highest BCUT2D eigenvalue weighted by Gasteiger charge is 2.18. The molecule has 2 aromatic carbocycles. The van der Waals surface area contributed by atoms with Gasteiger partial charge in [0.05, 0.1) is 33.2 Å². The molecule has 0 saturated carbocycles. The van der Waals surface area contributed by atoms with E-state index < -0.39 is 0 Å². The predicted octanol–water partition coefficient (Wildman–Crippen LogP) is 8.20. The lowest BCUT2D eigenvalue weighted by Gasteiger charge is -2.14. The second kappa shape index (κ2) is 12.3. The Morgan fingerprint density at radius 3 is 2.74 bits per heavy atom. The van der Waals surface area contributed by atoms with Crippen molar-refractivity contribution in [3.05, 3.63) is 86.5 Å². The largest absolute Gasteiger partial charge is 0.455 e. The van der Waals surface area contributed by atoms with Crippen molar-refractivity contribution in [2.45, 2.75) is 27.2 Å². The third-order valence-electron chi connectivity index (χ3n) is 4.73. The van der Waals surface area contributed by atoms with Gasteiger partial charge in [0.2, 0.25) is 5.89 Å². The van der Waals surface area contributed by atoms with Gasteiger partial charge in [0.1, 0.15) is 17.2 Å². The molecule has 10 heteroatoms. The maximum absolute atomic E-state index is 9.20. The Hall–Kier alpha value is -2.76. The van der Waals surface area contributed by atoms with Crippen molar-refractivity contribution in [3.63, 3.8) is 0 Å². The first kappa shape index (κ1) is 26.8. The number of aromatic nitrogens is 2. The van der Waals surface area contributed by atoms with Crippen LogP contribution in [0.4, 0.5) is 0 Å². The molecule has 0 amide bonds. The number of allylic oxidation sites excluding steroid dienone is 2. The van der Waals surface area contributed by atoms with Crippen molar-refractivity contribution in [2.75, 3.05) is 5.75 Å². The molecule has 0 aliphatic carbocycles. The highest BCUT2D eigenvalue weighted by atomic mass is 35.5. The average molecular weight is 548 g/mol. The molecule has 0 aliphatic heterocycles. The van der Waals surface area contributed by atoms with Gasteiger partial charge in [0.25, 0.3) is 5.89 Å².